The summed E-state index contributed by atoms with van der Waals surface area (Å²) in [5.74, 6) is 0.931. The smallest absolute Gasteiger partial charge is 0.141 e. The van der Waals surface area contributed by atoms with E-state index in [0.717, 1.165) is 5.82 Å². The van der Waals surface area contributed by atoms with Gasteiger partial charge in [-0.1, -0.05) is 12.1 Å². The summed E-state index contributed by atoms with van der Waals surface area (Å²) >= 11 is 0. The maximum absolute atomic E-state index is 9.66. The normalized spacial score (nSPS) is 10.5. The first kappa shape index (κ1) is 9.67. The fourth-order valence-electron chi connectivity index (χ4n) is 1.41. The Bertz CT molecular complexity index is 452. The number of aromatic hydroxyl groups is 1. The van der Waals surface area contributed by atoms with Gasteiger partial charge in [0.2, 0.25) is 0 Å². The van der Waals surface area contributed by atoms with Gasteiger partial charge in [0.15, 0.2) is 0 Å². The summed E-state index contributed by atoms with van der Waals surface area (Å²) in [7, 11) is 0. The molecule has 0 aliphatic carbocycles. The van der Waals surface area contributed by atoms with Crippen molar-refractivity contribution in [1.82, 2.24) is 14.8 Å². The first-order valence-corrected chi connectivity index (χ1v) is 4.70. The van der Waals surface area contributed by atoms with Gasteiger partial charge in [-0.15, -0.1) is 0 Å². The molecule has 1 heterocycles. The van der Waals surface area contributed by atoms with Gasteiger partial charge in [0.05, 0.1) is 0 Å². The van der Waals surface area contributed by atoms with Crippen LogP contribution in [-0.4, -0.2) is 26.4 Å². The topological polar surface area (TPSA) is 77.0 Å². The van der Waals surface area contributed by atoms with Gasteiger partial charge >= 0.3 is 0 Å². The van der Waals surface area contributed by atoms with Crippen molar-refractivity contribution in [2.24, 2.45) is 5.73 Å². The maximum Gasteiger partial charge on any atom is 0.141 e. The Morgan fingerprint density at radius 1 is 1.33 bits per heavy atom. The fraction of sp³-hybridized carbons (Fsp3) is 0.200. The van der Waals surface area contributed by atoms with Gasteiger partial charge < -0.3 is 10.8 Å². The van der Waals surface area contributed by atoms with Crippen molar-refractivity contribution >= 4 is 0 Å². The number of rotatable bonds is 3. The minimum atomic E-state index is 0.182. The van der Waals surface area contributed by atoms with Crippen LogP contribution in [0.15, 0.2) is 30.6 Å². The number of hydrogen-bond acceptors (Lipinski definition) is 4. The summed E-state index contributed by atoms with van der Waals surface area (Å²) in [6.07, 6.45) is 2.09. The summed E-state index contributed by atoms with van der Waals surface area (Å²) in [5, 5.41) is 13.7. The molecule has 0 amide bonds. The highest BCUT2D eigenvalue weighted by atomic mass is 16.3. The molecule has 0 saturated heterocycles. The first-order valence-electron chi connectivity index (χ1n) is 4.70. The third kappa shape index (κ3) is 1.82. The van der Waals surface area contributed by atoms with Gasteiger partial charge in [0.25, 0.3) is 0 Å². The van der Waals surface area contributed by atoms with Crippen LogP contribution in [0, 0.1) is 0 Å². The molecule has 2 aromatic rings. The van der Waals surface area contributed by atoms with Crippen LogP contribution in [0.3, 0.4) is 0 Å². The minimum absolute atomic E-state index is 0.182. The van der Waals surface area contributed by atoms with Gasteiger partial charge in [-0.05, 0) is 18.7 Å². The zero-order chi connectivity index (χ0) is 10.7. The van der Waals surface area contributed by atoms with Crippen LogP contribution in [0.5, 0.6) is 5.75 Å². The average molecular weight is 204 g/mol. The Kier molecular flexibility index (Phi) is 2.64. The molecule has 1 aromatic carbocycles. The van der Waals surface area contributed by atoms with E-state index in [9.17, 15) is 5.11 Å². The van der Waals surface area contributed by atoms with E-state index in [0.29, 0.717) is 18.7 Å². The summed E-state index contributed by atoms with van der Waals surface area (Å²) in [5.41, 5.74) is 6.08. The van der Waals surface area contributed by atoms with Gasteiger partial charge in [-0.3, -0.25) is 0 Å². The molecule has 0 bridgehead atoms. The molecule has 0 spiro atoms. The Morgan fingerprint density at radius 2 is 2.13 bits per heavy atom. The second-order valence-electron chi connectivity index (χ2n) is 3.12. The van der Waals surface area contributed by atoms with E-state index in [1.54, 1.807) is 22.9 Å². The largest absolute Gasteiger partial charge is 0.506 e. The maximum atomic E-state index is 9.66. The lowest BCUT2D eigenvalue weighted by atomic mass is 10.3. The van der Waals surface area contributed by atoms with E-state index in [1.165, 1.54) is 6.33 Å². The van der Waals surface area contributed by atoms with Crippen molar-refractivity contribution < 1.29 is 5.11 Å². The van der Waals surface area contributed by atoms with Crippen LogP contribution in [-0.2, 0) is 6.42 Å². The van der Waals surface area contributed by atoms with Crippen LogP contribution >= 0.6 is 0 Å². The van der Waals surface area contributed by atoms with Crippen molar-refractivity contribution in [1.29, 1.82) is 0 Å². The molecule has 3 N–H and O–H groups in total. The van der Waals surface area contributed by atoms with Crippen molar-refractivity contribution in [2.75, 3.05) is 6.54 Å². The highest BCUT2D eigenvalue weighted by molar-refractivity contribution is 5.45. The summed E-state index contributed by atoms with van der Waals surface area (Å²) < 4.78 is 1.60. The molecule has 0 saturated carbocycles. The highest BCUT2D eigenvalue weighted by Gasteiger charge is 2.08. The molecule has 78 valence electrons. The van der Waals surface area contributed by atoms with E-state index in [-0.39, 0.29) is 5.75 Å². The molecule has 0 fully saturated rings. The van der Waals surface area contributed by atoms with Crippen LogP contribution in [0.25, 0.3) is 5.69 Å². The molecule has 5 nitrogen and oxygen atoms in total. The summed E-state index contributed by atoms with van der Waals surface area (Å²) in [4.78, 5) is 4.08. The van der Waals surface area contributed by atoms with Crippen molar-refractivity contribution in [3.05, 3.63) is 36.4 Å². The predicted molar refractivity (Wildman–Crippen MR) is 55.8 cm³/mol. The number of phenolic OH excluding ortho intramolecular Hbond substituents is 1. The standard InChI is InChI=1S/C10H12N4O/c11-6-5-10-12-7-13-14(10)8-3-1-2-4-9(8)15/h1-4,7,15H,5-6,11H2. The van der Waals surface area contributed by atoms with E-state index >= 15 is 0 Å². The van der Waals surface area contributed by atoms with Crippen LogP contribution in [0.1, 0.15) is 5.82 Å². The summed E-state index contributed by atoms with van der Waals surface area (Å²) in [6, 6.07) is 6.99. The number of nitrogens with two attached hydrogens (primary N) is 1. The Hall–Kier alpha value is -1.88. The Labute approximate surface area is 87.2 Å². The number of nitrogens with zero attached hydrogens (tertiary/aromatic N) is 3. The minimum Gasteiger partial charge on any atom is -0.506 e. The van der Waals surface area contributed by atoms with Crippen molar-refractivity contribution in [3.63, 3.8) is 0 Å². The predicted octanol–water partition coefficient (Wildman–Crippen LogP) is 0.474. The number of para-hydroxylation sites is 2. The lowest BCUT2D eigenvalue weighted by Gasteiger charge is -2.06. The molecule has 15 heavy (non-hydrogen) atoms. The molecule has 0 atom stereocenters. The fourth-order valence-corrected chi connectivity index (χ4v) is 1.41. The molecule has 0 radical (unpaired) electrons. The number of phenols is 1. The van der Waals surface area contributed by atoms with E-state index < -0.39 is 0 Å². The zero-order valence-corrected chi connectivity index (χ0v) is 8.17. The average Bonchev–Trinajstić information content (AvgIpc) is 2.67. The van der Waals surface area contributed by atoms with Crippen LogP contribution in [0.2, 0.25) is 0 Å². The second kappa shape index (κ2) is 4.10. The second-order valence-corrected chi connectivity index (χ2v) is 3.12. The Morgan fingerprint density at radius 3 is 2.87 bits per heavy atom. The molecule has 2 rings (SSSR count). The number of benzene rings is 1. The van der Waals surface area contributed by atoms with E-state index in [1.807, 2.05) is 6.07 Å². The van der Waals surface area contributed by atoms with E-state index in [4.69, 9.17) is 5.73 Å². The van der Waals surface area contributed by atoms with Gasteiger partial charge in [-0.25, -0.2) is 9.67 Å². The monoisotopic (exact) mass is 204 g/mol. The molecule has 0 aliphatic rings. The summed E-state index contributed by atoms with van der Waals surface area (Å²) in [6.45, 7) is 0.506. The third-order valence-corrected chi connectivity index (χ3v) is 2.10. The number of aromatic nitrogens is 3. The molecular weight excluding hydrogens is 192 g/mol. The molecule has 0 aliphatic heterocycles. The molecule has 1 aromatic heterocycles. The quantitative estimate of drug-likeness (QED) is 0.762. The van der Waals surface area contributed by atoms with Crippen molar-refractivity contribution in [3.8, 4) is 11.4 Å². The first-order chi connectivity index (χ1) is 7.33. The van der Waals surface area contributed by atoms with Crippen LogP contribution in [0.4, 0.5) is 0 Å². The van der Waals surface area contributed by atoms with Crippen LogP contribution < -0.4 is 5.73 Å². The third-order valence-electron chi connectivity index (χ3n) is 2.10. The van der Waals surface area contributed by atoms with Crippen molar-refractivity contribution in [2.45, 2.75) is 6.42 Å². The molecule has 0 unspecified atom stereocenters. The molecule has 5 heteroatoms. The van der Waals surface area contributed by atoms with E-state index in [2.05, 4.69) is 10.1 Å². The zero-order valence-electron chi connectivity index (χ0n) is 8.17. The SMILES string of the molecule is NCCc1ncnn1-c1ccccc1O. The lowest BCUT2D eigenvalue weighted by Crippen LogP contribution is -2.09. The number of hydrogen-bond donors (Lipinski definition) is 2. The lowest BCUT2D eigenvalue weighted by molar-refractivity contribution is 0.469. The Balaban J connectivity index is 2.45. The van der Waals surface area contributed by atoms with Gasteiger partial charge in [0, 0.05) is 6.42 Å². The molecular formula is C10H12N4O. The van der Waals surface area contributed by atoms with Gasteiger partial charge in [0.1, 0.15) is 23.6 Å². The van der Waals surface area contributed by atoms with Gasteiger partial charge in [-0.2, -0.15) is 5.10 Å². The highest BCUT2D eigenvalue weighted by Crippen LogP contribution is 2.20.